The van der Waals surface area contributed by atoms with Crippen molar-refractivity contribution in [2.24, 2.45) is 0 Å². The molecule has 1 N–H and O–H groups in total. The Balaban J connectivity index is 1.83. The van der Waals surface area contributed by atoms with Crippen molar-refractivity contribution in [1.29, 1.82) is 0 Å². The molecular formula is C24H19ClN2O2. The highest BCUT2D eigenvalue weighted by Crippen LogP contribution is 2.35. The minimum Gasteiger partial charge on any atom is -0.350 e. The first-order chi connectivity index (χ1) is 14.0. The summed E-state index contributed by atoms with van der Waals surface area (Å²) < 4.78 is 0. The third-order valence-corrected chi connectivity index (χ3v) is 5.15. The first kappa shape index (κ1) is 19.0. The van der Waals surface area contributed by atoms with E-state index in [4.69, 9.17) is 11.6 Å². The van der Waals surface area contributed by atoms with Gasteiger partial charge in [-0.1, -0.05) is 59.6 Å². The molecule has 3 aromatic rings. The van der Waals surface area contributed by atoms with E-state index in [9.17, 15) is 9.59 Å². The second kappa shape index (κ2) is 7.57. The zero-order chi connectivity index (χ0) is 20.5. The number of para-hydroxylation sites is 1. The van der Waals surface area contributed by atoms with E-state index in [0.717, 1.165) is 16.8 Å². The smallest absolute Gasteiger partial charge is 0.282 e. The normalized spacial score (nSPS) is 14.0. The maximum atomic E-state index is 13.4. The number of hydrogen-bond acceptors (Lipinski definition) is 3. The lowest BCUT2D eigenvalue weighted by atomic mass is 10.0. The molecule has 4 nitrogen and oxygen atoms in total. The Labute approximate surface area is 174 Å². The molecule has 0 radical (unpaired) electrons. The summed E-state index contributed by atoms with van der Waals surface area (Å²) in [6.45, 7) is 3.87. The Morgan fingerprint density at radius 2 is 1.45 bits per heavy atom. The van der Waals surface area contributed by atoms with E-state index >= 15 is 0 Å². The molecule has 0 bridgehead atoms. The van der Waals surface area contributed by atoms with Crippen molar-refractivity contribution < 1.29 is 9.59 Å². The fourth-order valence-corrected chi connectivity index (χ4v) is 3.47. The number of amides is 2. The second-order valence-corrected chi connectivity index (χ2v) is 7.42. The van der Waals surface area contributed by atoms with Crippen LogP contribution in [0, 0.1) is 13.8 Å². The Morgan fingerprint density at radius 3 is 2.10 bits per heavy atom. The van der Waals surface area contributed by atoms with Crippen LogP contribution < -0.4 is 10.2 Å². The molecule has 0 saturated heterocycles. The Bertz CT molecular complexity index is 1130. The Morgan fingerprint density at radius 1 is 0.793 bits per heavy atom. The van der Waals surface area contributed by atoms with Crippen LogP contribution in [-0.4, -0.2) is 11.8 Å². The highest BCUT2D eigenvalue weighted by molar-refractivity contribution is 6.46. The van der Waals surface area contributed by atoms with Crippen LogP contribution in [0.1, 0.15) is 16.7 Å². The summed E-state index contributed by atoms with van der Waals surface area (Å²) in [5.41, 5.74) is 4.50. The van der Waals surface area contributed by atoms with Gasteiger partial charge in [0.05, 0.1) is 11.3 Å². The van der Waals surface area contributed by atoms with Crippen molar-refractivity contribution >= 4 is 40.4 Å². The zero-order valence-corrected chi connectivity index (χ0v) is 16.8. The number of imide groups is 1. The van der Waals surface area contributed by atoms with Gasteiger partial charge in [0.2, 0.25) is 0 Å². The van der Waals surface area contributed by atoms with Crippen LogP contribution in [0.25, 0.3) is 5.57 Å². The van der Waals surface area contributed by atoms with Gasteiger partial charge in [-0.3, -0.25) is 9.59 Å². The van der Waals surface area contributed by atoms with Crippen molar-refractivity contribution in [1.82, 2.24) is 0 Å². The summed E-state index contributed by atoms with van der Waals surface area (Å²) in [5.74, 6) is -0.740. The minimum atomic E-state index is -0.380. The maximum Gasteiger partial charge on any atom is 0.282 e. The van der Waals surface area contributed by atoms with E-state index in [1.807, 2.05) is 56.3 Å². The maximum absolute atomic E-state index is 13.4. The number of nitrogens with one attached hydrogen (secondary N) is 1. The van der Waals surface area contributed by atoms with Gasteiger partial charge in [-0.2, -0.15) is 0 Å². The minimum absolute atomic E-state index is 0.254. The van der Waals surface area contributed by atoms with Gasteiger partial charge in [-0.15, -0.1) is 0 Å². The fraction of sp³-hybridized carbons (Fsp3) is 0.0833. The van der Waals surface area contributed by atoms with E-state index in [0.29, 0.717) is 21.8 Å². The summed E-state index contributed by atoms with van der Waals surface area (Å²) in [7, 11) is 0. The summed E-state index contributed by atoms with van der Waals surface area (Å²) in [6.07, 6.45) is 0. The molecule has 0 spiro atoms. The summed E-state index contributed by atoms with van der Waals surface area (Å²) in [6, 6.07) is 21.9. The standard InChI is InChI=1S/C24H19ClN2O2/c1-15-7-13-19(14-8-15)26-22-21(17-9-11-18(25)12-10-17)23(28)27(24(22)29)20-6-4-3-5-16(20)2/h3-14,26H,1-2H3. The van der Waals surface area contributed by atoms with Gasteiger partial charge in [-0.25, -0.2) is 4.90 Å². The van der Waals surface area contributed by atoms with Crippen LogP contribution in [0.2, 0.25) is 5.02 Å². The molecule has 5 heteroatoms. The van der Waals surface area contributed by atoms with Crippen molar-refractivity contribution in [3.05, 3.63) is 100 Å². The molecule has 0 aromatic heterocycles. The predicted molar refractivity (Wildman–Crippen MR) is 117 cm³/mol. The number of nitrogens with zero attached hydrogens (tertiary/aromatic N) is 1. The number of carbonyl (C=O) groups is 2. The average Bonchev–Trinajstić information content (AvgIpc) is 2.95. The van der Waals surface area contributed by atoms with Gasteiger partial charge in [-0.05, 0) is 55.3 Å². The number of carbonyl (C=O) groups excluding carboxylic acids is 2. The summed E-state index contributed by atoms with van der Waals surface area (Å²) in [5, 5.41) is 3.73. The van der Waals surface area contributed by atoms with Crippen molar-refractivity contribution in [2.45, 2.75) is 13.8 Å². The summed E-state index contributed by atoms with van der Waals surface area (Å²) in [4.78, 5) is 28.0. The number of aryl methyl sites for hydroxylation is 2. The lowest BCUT2D eigenvalue weighted by Crippen LogP contribution is -2.33. The van der Waals surface area contributed by atoms with E-state index < -0.39 is 0 Å². The van der Waals surface area contributed by atoms with Gasteiger partial charge in [0.1, 0.15) is 5.70 Å². The van der Waals surface area contributed by atoms with Crippen molar-refractivity contribution in [2.75, 3.05) is 10.2 Å². The van der Waals surface area contributed by atoms with Gasteiger partial charge >= 0.3 is 0 Å². The molecule has 0 unspecified atom stereocenters. The molecule has 0 saturated carbocycles. The molecule has 3 aromatic carbocycles. The molecule has 4 rings (SSSR count). The topological polar surface area (TPSA) is 49.4 Å². The summed E-state index contributed by atoms with van der Waals surface area (Å²) >= 11 is 6.02. The van der Waals surface area contributed by atoms with Crippen molar-refractivity contribution in [3.8, 4) is 0 Å². The number of benzene rings is 3. The highest BCUT2D eigenvalue weighted by Gasteiger charge is 2.40. The van der Waals surface area contributed by atoms with Gasteiger partial charge < -0.3 is 5.32 Å². The molecule has 0 fully saturated rings. The fourth-order valence-electron chi connectivity index (χ4n) is 3.34. The highest BCUT2D eigenvalue weighted by atomic mass is 35.5. The zero-order valence-electron chi connectivity index (χ0n) is 16.1. The Kier molecular flexibility index (Phi) is 4.95. The monoisotopic (exact) mass is 402 g/mol. The molecule has 144 valence electrons. The molecule has 1 aliphatic rings. The van der Waals surface area contributed by atoms with E-state index in [2.05, 4.69) is 5.32 Å². The third-order valence-electron chi connectivity index (χ3n) is 4.89. The molecule has 2 amide bonds. The van der Waals surface area contributed by atoms with Crippen LogP contribution in [0.3, 0.4) is 0 Å². The number of anilines is 2. The van der Waals surface area contributed by atoms with Crippen LogP contribution in [0.4, 0.5) is 11.4 Å². The van der Waals surface area contributed by atoms with E-state index in [1.165, 1.54) is 4.90 Å². The van der Waals surface area contributed by atoms with E-state index in [1.54, 1.807) is 30.3 Å². The molecule has 29 heavy (non-hydrogen) atoms. The number of hydrogen-bond donors (Lipinski definition) is 1. The molecule has 0 atom stereocenters. The van der Waals surface area contributed by atoms with E-state index in [-0.39, 0.29) is 17.5 Å². The largest absolute Gasteiger partial charge is 0.350 e. The van der Waals surface area contributed by atoms with Crippen molar-refractivity contribution in [3.63, 3.8) is 0 Å². The molecule has 1 heterocycles. The molecular weight excluding hydrogens is 384 g/mol. The SMILES string of the molecule is Cc1ccc(NC2=C(c3ccc(Cl)cc3)C(=O)N(c3ccccc3C)C2=O)cc1. The molecule has 0 aliphatic carbocycles. The van der Waals surface area contributed by atoms with Gasteiger partial charge in [0.15, 0.2) is 0 Å². The quantitative estimate of drug-likeness (QED) is 0.598. The van der Waals surface area contributed by atoms with Crippen LogP contribution in [0.15, 0.2) is 78.5 Å². The number of rotatable bonds is 4. The average molecular weight is 403 g/mol. The van der Waals surface area contributed by atoms with Crippen LogP contribution in [-0.2, 0) is 9.59 Å². The van der Waals surface area contributed by atoms with Crippen LogP contribution in [0.5, 0.6) is 0 Å². The van der Waals surface area contributed by atoms with Gasteiger partial charge in [0, 0.05) is 10.7 Å². The lowest BCUT2D eigenvalue weighted by molar-refractivity contribution is -0.120. The first-order valence-electron chi connectivity index (χ1n) is 9.24. The number of halogens is 1. The second-order valence-electron chi connectivity index (χ2n) is 6.98. The first-order valence-corrected chi connectivity index (χ1v) is 9.62. The predicted octanol–water partition coefficient (Wildman–Crippen LogP) is 5.35. The van der Waals surface area contributed by atoms with Gasteiger partial charge in [0.25, 0.3) is 11.8 Å². The van der Waals surface area contributed by atoms with Crippen LogP contribution >= 0.6 is 11.6 Å². The third kappa shape index (κ3) is 3.55. The lowest BCUT2D eigenvalue weighted by Gasteiger charge is -2.17. The Hall–Kier alpha value is -3.37. The molecule has 1 aliphatic heterocycles.